The van der Waals surface area contributed by atoms with Gasteiger partial charge in [0.25, 0.3) is 11.8 Å². The molecular formula is C22H23N3O3. The fourth-order valence-electron chi connectivity index (χ4n) is 3.66. The van der Waals surface area contributed by atoms with Crippen LogP contribution in [0.4, 0.5) is 0 Å². The molecule has 1 aliphatic rings. The second-order valence-electron chi connectivity index (χ2n) is 7.02. The van der Waals surface area contributed by atoms with Crippen molar-refractivity contribution < 1.29 is 14.3 Å². The lowest BCUT2D eigenvalue weighted by molar-refractivity contribution is 0.0700. The first-order chi connectivity index (χ1) is 13.7. The van der Waals surface area contributed by atoms with Gasteiger partial charge in [0.15, 0.2) is 0 Å². The summed E-state index contributed by atoms with van der Waals surface area (Å²) in [6.45, 7) is 1.26. The van der Waals surface area contributed by atoms with Crippen molar-refractivity contribution in [1.29, 1.82) is 0 Å². The molecule has 2 N–H and O–H groups in total. The van der Waals surface area contributed by atoms with Crippen molar-refractivity contribution in [1.82, 2.24) is 15.2 Å². The van der Waals surface area contributed by atoms with Gasteiger partial charge in [-0.2, -0.15) is 0 Å². The van der Waals surface area contributed by atoms with E-state index in [0.717, 1.165) is 29.5 Å². The maximum atomic E-state index is 12.9. The van der Waals surface area contributed by atoms with E-state index in [1.54, 1.807) is 37.6 Å². The third-order valence-electron chi connectivity index (χ3n) is 5.29. The molecule has 0 unspecified atom stereocenters. The van der Waals surface area contributed by atoms with E-state index in [9.17, 15) is 9.59 Å². The van der Waals surface area contributed by atoms with Crippen molar-refractivity contribution in [2.45, 2.75) is 18.9 Å². The van der Waals surface area contributed by atoms with Gasteiger partial charge in [-0.25, -0.2) is 0 Å². The van der Waals surface area contributed by atoms with Gasteiger partial charge in [0.05, 0.1) is 12.7 Å². The molecule has 1 aromatic heterocycles. The van der Waals surface area contributed by atoms with Crippen LogP contribution in [0.25, 0.3) is 10.9 Å². The summed E-state index contributed by atoms with van der Waals surface area (Å²) in [6, 6.07) is 14.9. The zero-order valence-electron chi connectivity index (χ0n) is 15.8. The normalized spacial score (nSPS) is 14.8. The summed E-state index contributed by atoms with van der Waals surface area (Å²) in [5.74, 6) is 0.669. The number of aromatic amines is 1. The molecule has 2 aromatic carbocycles. The highest BCUT2D eigenvalue weighted by Gasteiger charge is 2.26. The van der Waals surface area contributed by atoms with Crippen molar-refractivity contribution in [3.63, 3.8) is 0 Å². The number of fused-ring (bicyclic) bond motifs is 1. The number of carbonyl (C=O) groups excluding carboxylic acids is 2. The molecule has 3 aromatic rings. The highest BCUT2D eigenvalue weighted by molar-refractivity contribution is 6.06. The minimum absolute atomic E-state index is 0.0392. The number of aromatic nitrogens is 1. The third-order valence-corrected chi connectivity index (χ3v) is 5.29. The number of nitrogens with zero attached hydrogens (tertiary/aromatic N) is 1. The summed E-state index contributed by atoms with van der Waals surface area (Å²) in [4.78, 5) is 30.3. The van der Waals surface area contributed by atoms with Gasteiger partial charge in [-0.1, -0.05) is 18.2 Å². The number of methoxy groups -OCH3 is 1. The molecule has 6 nitrogen and oxygen atoms in total. The largest absolute Gasteiger partial charge is 0.497 e. The molecule has 1 aliphatic heterocycles. The molecule has 1 fully saturated rings. The average molecular weight is 377 g/mol. The Labute approximate surface area is 163 Å². The summed E-state index contributed by atoms with van der Waals surface area (Å²) in [5, 5.41) is 4.02. The monoisotopic (exact) mass is 377 g/mol. The van der Waals surface area contributed by atoms with Crippen LogP contribution < -0.4 is 10.1 Å². The fraction of sp³-hybridized carbons (Fsp3) is 0.273. The number of benzene rings is 2. The fourth-order valence-corrected chi connectivity index (χ4v) is 3.66. The van der Waals surface area contributed by atoms with E-state index in [-0.39, 0.29) is 17.9 Å². The van der Waals surface area contributed by atoms with Crippen molar-refractivity contribution in [3.05, 3.63) is 65.9 Å². The number of carbonyl (C=O) groups is 2. The lowest BCUT2D eigenvalue weighted by atomic mass is 10.0. The smallest absolute Gasteiger partial charge is 0.256 e. The number of hydrogen-bond acceptors (Lipinski definition) is 3. The first-order valence-electron chi connectivity index (χ1n) is 9.46. The van der Waals surface area contributed by atoms with Crippen molar-refractivity contribution in [3.8, 4) is 5.75 Å². The van der Waals surface area contributed by atoms with Gasteiger partial charge >= 0.3 is 0 Å². The van der Waals surface area contributed by atoms with Gasteiger partial charge in [-0.3, -0.25) is 9.59 Å². The van der Waals surface area contributed by atoms with E-state index >= 15 is 0 Å². The molecule has 4 rings (SSSR count). The summed E-state index contributed by atoms with van der Waals surface area (Å²) >= 11 is 0. The molecule has 2 amide bonds. The third kappa shape index (κ3) is 3.58. The highest BCUT2D eigenvalue weighted by Crippen LogP contribution is 2.21. The Morgan fingerprint density at radius 2 is 1.79 bits per heavy atom. The molecule has 0 saturated carbocycles. The number of rotatable bonds is 4. The van der Waals surface area contributed by atoms with E-state index in [1.807, 2.05) is 29.2 Å². The number of ether oxygens (including phenoxy) is 1. The number of piperidine rings is 1. The number of amides is 2. The van der Waals surface area contributed by atoms with Crippen molar-refractivity contribution in [2.24, 2.45) is 0 Å². The number of likely N-dealkylation sites (tertiary alicyclic amines) is 1. The average Bonchev–Trinajstić information content (AvgIpc) is 3.18. The number of nitrogens with one attached hydrogen (secondary N) is 2. The molecule has 0 radical (unpaired) electrons. The van der Waals surface area contributed by atoms with Crippen LogP contribution in [-0.4, -0.2) is 47.9 Å². The molecule has 2 heterocycles. The van der Waals surface area contributed by atoms with Crippen LogP contribution in [0.2, 0.25) is 0 Å². The SMILES string of the molecule is COc1ccc(C(=O)NC2CCN(C(=O)c3c[nH]c4ccccc34)CC2)cc1. The van der Waals surface area contributed by atoms with Crippen molar-refractivity contribution >= 4 is 22.7 Å². The van der Waals surface area contributed by atoms with Crippen LogP contribution in [0.5, 0.6) is 5.75 Å². The van der Waals surface area contributed by atoms with E-state index in [0.29, 0.717) is 24.2 Å². The highest BCUT2D eigenvalue weighted by atomic mass is 16.5. The van der Waals surface area contributed by atoms with Gasteiger partial charge in [0.2, 0.25) is 0 Å². The molecule has 28 heavy (non-hydrogen) atoms. The molecule has 0 bridgehead atoms. The maximum Gasteiger partial charge on any atom is 0.256 e. The lowest BCUT2D eigenvalue weighted by Crippen LogP contribution is -2.46. The van der Waals surface area contributed by atoms with Crippen LogP contribution in [-0.2, 0) is 0 Å². The summed E-state index contributed by atoms with van der Waals surface area (Å²) < 4.78 is 5.12. The zero-order chi connectivity index (χ0) is 19.5. The molecule has 0 aliphatic carbocycles. The van der Waals surface area contributed by atoms with Crippen LogP contribution in [0.3, 0.4) is 0 Å². The van der Waals surface area contributed by atoms with E-state index < -0.39 is 0 Å². The van der Waals surface area contributed by atoms with Crippen LogP contribution in [0.15, 0.2) is 54.7 Å². The second kappa shape index (κ2) is 7.76. The predicted octanol–water partition coefficient (Wildman–Crippen LogP) is 3.21. The van der Waals surface area contributed by atoms with E-state index in [4.69, 9.17) is 4.74 Å². The van der Waals surface area contributed by atoms with Gasteiger partial charge in [-0.05, 0) is 43.2 Å². The lowest BCUT2D eigenvalue weighted by Gasteiger charge is -2.32. The molecule has 144 valence electrons. The Kier molecular flexibility index (Phi) is 5.02. The minimum atomic E-state index is -0.0935. The standard InChI is InChI=1S/C22H23N3O3/c1-28-17-8-6-15(7-9-17)21(26)24-16-10-12-25(13-11-16)22(27)19-14-23-20-5-3-2-4-18(19)20/h2-9,14,16,23H,10-13H2,1H3,(H,24,26). The molecular weight excluding hydrogens is 354 g/mol. The molecule has 0 spiro atoms. The second-order valence-corrected chi connectivity index (χ2v) is 7.02. The van der Waals surface area contributed by atoms with Crippen LogP contribution in [0.1, 0.15) is 33.6 Å². The summed E-state index contributed by atoms with van der Waals surface area (Å²) in [6.07, 6.45) is 3.27. The summed E-state index contributed by atoms with van der Waals surface area (Å²) in [5.41, 5.74) is 2.28. The Bertz CT molecular complexity index is 986. The topological polar surface area (TPSA) is 74.4 Å². The Morgan fingerprint density at radius 1 is 1.07 bits per heavy atom. The van der Waals surface area contributed by atoms with Gasteiger partial charge in [-0.15, -0.1) is 0 Å². The van der Waals surface area contributed by atoms with Crippen LogP contribution in [0, 0.1) is 0 Å². The van der Waals surface area contributed by atoms with Gasteiger partial charge in [0, 0.05) is 41.8 Å². The maximum absolute atomic E-state index is 12.9. The van der Waals surface area contributed by atoms with Crippen molar-refractivity contribution in [2.75, 3.05) is 20.2 Å². The number of hydrogen-bond donors (Lipinski definition) is 2. The van der Waals surface area contributed by atoms with Gasteiger partial charge in [0.1, 0.15) is 5.75 Å². The Balaban J connectivity index is 1.35. The van der Waals surface area contributed by atoms with Crippen LogP contribution >= 0.6 is 0 Å². The summed E-state index contributed by atoms with van der Waals surface area (Å²) in [7, 11) is 1.60. The molecule has 0 atom stereocenters. The predicted molar refractivity (Wildman–Crippen MR) is 108 cm³/mol. The number of para-hydroxylation sites is 1. The quantitative estimate of drug-likeness (QED) is 0.733. The molecule has 6 heteroatoms. The first-order valence-corrected chi connectivity index (χ1v) is 9.46. The number of H-pyrrole nitrogens is 1. The van der Waals surface area contributed by atoms with E-state index in [2.05, 4.69) is 10.3 Å². The molecule has 1 saturated heterocycles. The Hall–Kier alpha value is -3.28. The minimum Gasteiger partial charge on any atom is -0.497 e. The first kappa shape index (κ1) is 18.1. The zero-order valence-corrected chi connectivity index (χ0v) is 15.8. The Morgan fingerprint density at radius 3 is 2.50 bits per heavy atom. The van der Waals surface area contributed by atoms with Gasteiger partial charge < -0.3 is 19.9 Å². The van der Waals surface area contributed by atoms with E-state index in [1.165, 1.54) is 0 Å².